The van der Waals surface area contributed by atoms with Crippen molar-refractivity contribution in [2.24, 2.45) is 5.92 Å². The van der Waals surface area contributed by atoms with E-state index in [0.29, 0.717) is 16.9 Å². The molecule has 2 rings (SSSR count). The molecule has 3 nitrogen and oxygen atoms in total. The molecule has 0 bridgehead atoms. The molecule has 0 aliphatic carbocycles. The number of nitrogens with one attached hydrogen (secondary N) is 1. The lowest BCUT2D eigenvalue weighted by Gasteiger charge is -2.09. The zero-order valence-corrected chi connectivity index (χ0v) is 12.0. The Kier molecular flexibility index (Phi) is 4.74. The molecule has 1 heterocycles. The highest BCUT2D eigenvalue weighted by atomic mass is 35.5. The van der Waals surface area contributed by atoms with Gasteiger partial charge < -0.3 is 5.32 Å². The maximum Gasteiger partial charge on any atom is 0.163 e. The van der Waals surface area contributed by atoms with Crippen molar-refractivity contribution in [3.63, 3.8) is 0 Å². The van der Waals surface area contributed by atoms with E-state index in [1.807, 2.05) is 30.3 Å². The average molecular weight is 276 g/mol. The van der Waals surface area contributed by atoms with Gasteiger partial charge in [0.05, 0.1) is 0 Å². The number of aromatic nitrogens is 2. The van der Waals surface area contributed by atoms with Gasteiger partial charge >= 0.3 is 0 Å². The summed E-state index contributed by atoms with van der Waals surface area (Å²) in [5.41, 5.74) is 0.969. The maximum atomic E-state index is 6.05. The van der Waals surface area contributed by atoms with Gasteiger partial charge in [-0.1, -0.05) is 55.8 Å². The van der Waals surface area contributed by atoms with E-state index in [4.69, 9.17) is 11.6 Å². The number of rotatable bonds is 5. The summed E-state index contributed by atoms with van der Waals surface area (Å²) in [6, 6.07) is 11.6. The first kappa shape index (κ1) is 13.8. The van der Waals surface area contributed by atoms with Crippen LogP contribution in [0.4, 0.5) is 5.82 Å². The minimum atomic E-state index is 0.459. The van der Waals surface area contributed by atoms with Gasteiger partial charge in [0.15, 0.2) is 5.82 Å². The third-order valence-electron chi connectivity index (χ3n) is 2.75. The monoisotopic (exact) mass is 275 g/mol. The Morgan fingerprint density at radius 1 is 1.16 bits per heavy atom. The normalized spacial score (nSPS) is 10.7. The Morgan fingerprint density at radius 2 is 1.89 bits per heavy atom. The van der Waals surface area contributed by atoms with Crippen LogP contribution >= 0.6 is 11.6 Å². The number of hydrogen-bond donors (Lipinski definition) is 1. The van der Waals surface area contributed by atoms with E-state index in [2.05, 4.69) is 29.1 Å². The van der Waals surface area contributed by atoms with Crippen molar-refractivity contribution in [2.45, 2.75) is 20.3 Å². The Bertz CT molecular complexity index is 526. The highest BCUT2D eigenvalue weighted by Crippen LogP contribution is 2.20. The van der Waals surface area contributed by atoms with Crippen molar-refractivity contribution in [2.75, 3.05) is 11.9 Å². The van der Waals surface area contributed by atoms with Gasteiger partial charge in [-0.25, -0.2) is 9.97 Å². The van der Waals surface area contributed by atoms with E-state index < -0.39 is 0 Å². The smallest absolute Gasteiger partial charge is 0.163 e. The van der Waals surface area contributed by atoms with Crippen LogP contribution in [0.15, 0.2) is 36.4 Å². The van der Waals surface area contributed by atoms with E-state index >= 15 is 0 Å². The minimum absolute atomic E-state index is 0.459. The van der Waals surface area contributed by atoms with Crippen LogP contribution in [0.2, 0.25) is 5.15 Å². The zero-order valence-electron chi connectivity index (χ0n) is 11.2. The van der Waals surface area contributed by atoms with Gasteiger partial charge in [-0.15, -0.1) is 0 Å². The topological polar surface area (TPSA) is 37.8 Å². The quantitative estimate of drug-likeness (QED) is 0.829. The van der Waals surface area contributed by atoms with Crippen molar-refractivity contribution in [1.82, 2.24) is 9.97 Å². The molecule has 2 aromatic rings. The van der Waals surface area contributed by atoms with Crippen molar-refractivity contribution in [3.8, 4) is 11.4 Å². The summed E-state index contributed by atoms with van der Waals surface area (Å²) in [4.78, 5) is 8.76. The molecule has 0 fully saturated rings. The lowest BCUT2D eigenvalue weighted by atomic mass is 10.1. The van der Waals surface area contributed by atoms with Gasteiger partial charge in [0.2, 0.25) is 0 Å². The van der Waals surface area contributed by atoms with Gasteiger partial charge in [0.1, 0.15) is 11.0 Å². The summed E-state index contributed by atoms with van der Waals surface area (Å²) in [7, 11) is 0. The summed E-state index contributed by atoms with van der Waals surface area (Å²) in [6.07, 6.45) is 1.10. The van der Waals surface area contributed by atoms with Gasteiger partial charge in [-0.2, -0.15) is 0 Å². The van der Waals surface area contributed by atoms with E-state index in [1.54, 1.807) is 6.07 Å². The number of hydrogen-bond acceptors (Lipinski definition) is 3. The summed E-state index contributed by atoms with van der Waals surface area (Å²) in [5.74, 6) is 2.10. The number of nitrogens with zero attached hydrogens (tertiary/aromatic N) is 2. The first-order valence-corrected chi connectivity index (χ1v) is 6.87. The fraction of sp³-hybridized carbons (Fsp3) is 0.333. The highest BCUT2D eigenvalue weighted by Gasteiger charge is 2.05. The second kappa shape index (κ2) is 6.53. The van der Waals surface area contributed by atoms with Crippen LogP contribution in [0, 0.1) is 5.92 Å². The largest absolute Gasteiger partial charge is 0.370 e. The molecule has 100 valence electrons. The fourth-order valence-electron chi connectivity index (χ4n) is 1.71. The molecule has 0 spiro atoms. The number of benzene rings is 1. The summed E-state index contributed by atoms with van der Waals surface area (Å²) in [5, 5.41) is 3.75. The van der Waals surface area contributed by atoms with Gasteiger partial charge in [-0.05, 0) is 12.3 Å². The van der Waals surface area contributed by atoms with E-state index in [-0.39, 0.29) is 0 Å². The predicted molar refractivity (Wildman–Crippen MR) is 80.4 cm³/mol. The second-order valence-corrected chi connectivity index (χ2v) is 5.26. The van der Waals surface area contributed by atoms with Crippen molar-refractivity contribution in [1.29, 1.82) is 0 Å². The first-order valence-electron chi connectivity index (χ1n) is 6.49. The molecule has 0 saturated carbocycles. The molecular weight excluding hydrogens is 258 g/mol. The molecule has 1 aromatic carbocycles. The summed E-state index contributed by atoms with van der Waals surface area (Å²) < 4.78 is 0. The Hall–Kier alpha value is -1.61. The average Bonchev–Trinajstić information content (AvgIpc) is 2.39. The van der Waals surface area contributed by atoms with Crippen molar-refractivity contribution < 1.29 is 0 Å². The summed E-state index contributed by atoms with van der Waals surface area (Å²) in [6.45, 7) is 5.29. The molecule has 0 unspecified atom stereocenters. The highest BCUT2D eigenvalue weighted by molar-refractivity contribution is 6.29. The van der Waals surface area contributed by atoms with Crippen LogP contribution in [0.5, 0.6) is 0 Å². The molecule has 1 aromatic heterocycles. The summed E-state index contributed by atoms with van der Waals surface area (Å²) >= 11 is 6.05. The van der Waals surface area contributed by atoms with E-state index in [9.17, 15) is 0 Å². The van der Waals surface area contributed by atoms with E-state index in [0.717, 1.165) is 24.3 Å². The molecule has 0 radical (unpaired) electrons. The Morgan fingerprint density at radius 3 is 2.58 bits per heavy atom. The lowest BCUT2D eigenvalue weighted by Crippen LogP contribution is -2.07. The predicted octanol–water partition coefficient (Wildman–Crippen LogP) is 4.26. The van der Waals surface area contributed by atoms with Crippen LogP contribution in [0.25, 0.3) is 11.4 Å². The lowest BCUT2D eigenvalue weighted by molar-refractivity contribution is 0.606. The maximum absolute atomic E-state index is 6.05. The standard InChI is InChI=1S/C15H18ClN3/c1-11(2)8-9-17-14-10-13(16)18-15(19-14)12-6-4-3-5-7-12/h3-7,10-11H,8-9H2,1-2H3,(H,17,18,19). The molecular formula is C15H18ClN3. The van der Waals surface area contributed by atoms with Crippen molar-refractivity contribution in [3.05, 3.63) is 41.6 Å². The third-order valence-corrected chi connectivity index (χ3v) is 2.95. The molecule has 0 amide bonds. The first-order chi connectivity index (χ1) is 9.15. The van der Waals surface area contributed by atoms with Gasteiger partial charge in [-0.3, -0.25) is 0 Å². The molecule has 0 aliphatic rings. The molecule has 0 saturated heterocycles. The van der Waals surface area contributed by atoms with E-state index in [1.165, 1.54) is 0 Å². The number of halogens is 1. The third kappa shape index (κ3) is 4.21. The molecule has 0 atom stereocenters. The van der Waals surface area contributed by atoms with Gasteiger partial charge in [0, 0.05) is 18.2 Å². The molecule has 4 heteroatoms. The molecule has 19 heavy (non-hydrogen) atoms. The zero-order chi connectivity index (χ0) is 13.7. The molecule has 1 N–H and O–H groups in total. The second-order valence-electron chi connectivity index (χ2n) is 4.87. The number of anilines is 1. The van der Waals surface area contributed by atoms with Crippen LogP contribution in [-0.4, -0.2) is 16.5 Å². The SMILES string of the molecule is CC(C)CCNc1cc(Cl)nc(-c2ccccc2)n1. The minimum Gasteiger partial charge on any atom is -0.370 e. The van der Waals surface area contributed by atoms with Crippen LogP contribution < -0.4 is 5.32 Å². The van der Waals surface area contributed by atoms with Crippen molar-refractivity contribution >= 4 is 17.4 Å². The fourth-order valence-corrected chi connectivity index (χ4v) is 1.90. The van der Waals surface area contributed by atoms with Gasteiger partial charge in [0.25, 0.3) is 0 Å². The van der Waals surface area contributed by atoms with Crippen LogP contribution in [0.3, 0.4) is 0 Å². The Balaban J connectivity index is 2.16. The van der Waals surface area contributed by atoms with Crippen LogP contribution in [-0.2, 0) is 0 Å². The Labute approximate surface area is 119 Å². The molecule has 0 aliphatic heterocycles. The van der Waals surface area contributed by atoms with Crippen LogP contribution in [0.1, 0.15) is 20.3 Å².